The first kappa shape index (κ1) is 18.3. The predicted octanol–water partition coefficient (Wildman–Crippen LogP) is 3.54. The fourth-order valence-electron chi connectivity index (χ4n) is 4.61. The number of carbonyl (C=O) groups is 2. The minimum Gasteiger partial charge on any atom is -0.447 e. The zero-order valence-corrected chi connectivity index (χ0v) is 16.1. The molecule has 6 heteroatoms. The van der Waals surface area contributed by atoms with Crippen molar-refractivity contribution in [1.82, 2.24) is 10.2 Å². The molecule has 1 aromatic carbocycles. The maximum Gasteiger partial charge on any atom is 0.410 e. The Balaban J connectivity index is 1.26. The molecular formula is C21H27FN2O3. The van der Waals surface area contributed by atoms with E-state index in [4.69, 9.17) is 4.74 Å². The van der Waals surface area contributed by atoms with Gasteiger partial charge in [0.2, 0.25) is 5.91 Å². The second-order valence-corrected chi connectivity index (χ2v) is 8.75. The molecule has 1 aromatic rings. The molecule has 1 N–H and O–H groups in total. The van der Waals surface area contributed by atoms with Crippen molar-refractivity contribution in [2.45, 2.75) is 62.9 Å². The number of nitrogens with zero attached hydrogens (tertiary/aromatic N) is 1. The molecular weight excluding hydrogens is 347 g/mol. The van der Waals surface area contributed by atoms with Crippen LogP contribution in [0.3, 0.4) is 0 Å². The Hall–Kier alpha value is -2.11. The second kappa shape index (κ2) is 6.50. The third-order valence-corrected chi connectivity index (χ3v) is 6.68. The number of halogens is 1. The van der Waals surface area contributed by atoms with Crippen molar-refractivity contribution < 1.29 is 18.7 Å². The molecule has 5 nitrogen and oxygen atoms in total. The minimum absolute atomic E-state index is 0.0521. The Bertz CT molecular complexity index is 767. The molecule has 2 saturated carbocycles. The van der Waals surface area contributed by atoms with E-state index < -0.39 is 0 Å². The molecule has 2 amide bonds. The van der Waals surface area contributed by atoms with Gasteiger partial charge in [-0.25, -0.2) is 9.18 Å². The van der Waals surface area contributed by atoms with E-state index in [1.54, 1.807) is 18.0 Å². The van der Waals surface area contributed by atoms with Crippen molar-refractivity contribution in [2.24, 2.45) is 5.92 Å². The Labute approximate surface area is 159 Å². The van der Waals surface area contributed by atoms with Gasteiger partial charge in [0.15, 0.2) is 0 Å². The van der Waals surface area contributed by atoms with Gasteiger partial charge >= 0.3 is 6.09 Å². The molecule has 0 bridgehead atoms. The lowest BCUT2D eigenvalue weighted by Crippen LogP contribution is -2.59. The standard InChI is InChI=1S/C21H27FN2O3/c1-12(2)17-5-4-13(8-18(17)22)14-6-16(7-14)23-19(25)15-9-21(10-15)11-27-20(26)24(21)3/h4-5,8,12,14-16H,6-7,9-11H2,1-3H3,(H,23,25). The largest absolute Gasteiger partial charge is 0.447 e. The lowest BCUT2D eigenvalue weighted by Gasteiger charge is -2.47. The number of hydrogen-bond donors (Lipinski definition) is 1. The Morgan fingerprint density at radius 3 is 2.59 bits per heavy atom. The molecule has 0 atom stereocenters. The molecule has 146 valence electrons. The van der Waals surface area contributed by atoms with Crippen LogP contribution in [0.15, 0.2) is 18.2 Å². The van der Waals surface area contributed by atoms with E-state index >= 15 is 0 Å². The molecule has 1 saturated heterocycles. The highest BCUT2D eigenvalue weighted by molar-refractivity contribution is 5.81. The monoisotopic (exact) mass is 374 g/mol. The van der Waals surface area contributed by atoms with Crippen LogP contribution in [0.1, 0.15) is 62.5 Å². The van der Waals surface area contributed by atoms with Crippen LogP contribution < -0.4 is 5.32 Å². The molecule has 0 radical (unpaired) electrons. The first-order chi connectivity index (χ1) is 12.8. The van der Waals surface area contributed by atoms with Crippen LogP contribution in [0.25, 0.3) is 0 Å². The number of rotatable bonds is 4. The molecule has 0 unspecified atom stereocenters. The summed E-state index contributed by atoms with van der Waals surface area (Å²) in [5.74, 6) is 0.373. The van der Waals surface area contributed by atoms with Gasteiger partial charge in [0.25, 0.3) is 0 Å². The fraction of sp³-hybridized carbons (Fsp3) is 0.619. The second-order valence-electron chi connectivity index (χ2n) is 8.75. The number of likely N-dealkylation sites (N-methyl/N-ethyl adjacent to an activating group) is 1. The topological polar surface area (TPSA) is 58.6 Å². The molecule has 3 aliphatic rings. The number of hydrogen-bond acceptors (Lipinski definition) is 3. The van der Waals surface area contributed by atoms with E-state index in [1.165, 1.54) is 0 Å². The quantitative estimate of drug-likeness (QED) is 0.877. The summed E-state index contributed by atoms with van der Waals surface area (Å²) in [7, 11) is 1.74. The van der Waals surface area contributed by atoms with Crippen molar-refractivity contribution in [3.05, 3.63) is 35.1 Å². The van der Waals surface area contributed by atoms with Crippen LogP contribution in [0.5, 0.6) is 0 Å². The van der Waals surface area contributed by atoms with Crippen molar-refractivity contribution in [1.29, 1.82) is 0 Å². The summed E-state index contributed by atoms with van der Waals surface area (Å²) in [5, 5.41) is 3.12. The Morgan fingerprint density at radius 2 is 2.04 bits per heavy atom. The number of carbonyl (C=O) groups excluding carboxylic acids is 2. The molecule has 1 aliphatic heterocycles. The van der Waals surface area contributed by atoms with Crippen molar-refractivity contribution in [3.8, 4) is 0 Å². The van der Waals surface area contributed by atoms with Gasteiger partial charge in [-0.3, -0.25) is 4.79 Å². The van der Waals surface area contributed by atoms with E-state index in [0.717, 1.165) is 24.0 Å². The van der Waals surface area contributed by atoms with E-state index in [1.807, 2.05) is 26.0 Å². The number of nitrogens with one attached hydrogen (secondary N) is 1. The van der Waals surface area contributed by atoms with Gasteiger partial charge in [0.05, 0.1) is 5.54 Å². The third kappa shape index (κ3) is 3.09. The average Bonchev–Trinajstić information content (AvgIpc) is 2.84. The van der Waals surface area contributed by atoms with Gasteiger partial charge in [0.1, 0.15) is 12.4 Å². The van der Waals surface area contributed by atoms with E-state index in [0.29, 0.717) is 25.4 Å². The summed E-state index contributed by atoms with van der Waals surface area (Å²) in [6.07, 6.45) is 2.74. The zero-order valence-electron chi connectivity index (χ0n) is 16.1. The van der Waals surface area contributed by atoms with E-state index in [9.17, 15) is 14.0 Å². The van der Waals surface area contributed by atoms with Gasteiger partial charge in [-0.05, 0) is 54.7 Å². The van der Waals surface area contributed by atoms with Crippen molar-refractivity contribution in [2.75, 3.05) is 13.7 Å². The highest BCUT2D eigenvalue weighted by atomic mass is 19.1. The summed E-state index contributed by atoms with van der Waals surface area (Å²) in [6.45, 7) is 4.36. The molecule has 0 aromatic heterocycles. The summed E-state index contributed by atoms with van der Waals surface area (Å²) < 4.78 is 19.3. The highest BCUT2D eigenvalue weighted by Gasteiger charge is 2.56. The number of ether oxygens (including phenoxy) is 1. The lowest BCUT2D eigenvalue weighted by molar-refractivity contribution is -0.133. The molecule has 2 aliphatic carbocycles. The van der Waals surface area contributed by atoms with Gasteiger partial charge in [-0.1, -0.05) is 26.0 Å². The minimum atomic E-state index is -0.300. The van der Waals surface area contributed by atoms with Crippen LogP contribution in [0, 0.1) is 11.7 Å². The van der Waals surface area contributed by atoms with Crippen LogP contribution in [-0.2, 0) is 9.53 Å². The Kier molecular flexibility index (Phi) is 4.40. The molecule has 1 heterocycles. The van der Waals surface area contributed by atoms with Crippen LogP contribution in [-0.4, -0.2) is 42.1 Å². The normalized spacial score (nSPS) is 32.3. The maximum absolute atomic E-state index is 14.2. The van der Waals surface area contributed by atoms with Crippen molar-refractivity contribution >= 4 is 12.0 Å². The van der Waals surface area contributed by atoms with Gasteiger partial charge in [-0.15, -0.1) is 0 Å². The number of amides is 2. The van der Waals surface area contributed by atoms with Crippen LogP contribution in [0.4, 0.5) is 9.18 Å². The van der Waals surface area contributed by atoms with Gasteiger partial charge < -0.3 is 15.0 Å². The lowest BCUT2D eigenvalue weighted by atomic mass is 9.67. The molecule has 27 heavy (non-hydrogen) atoms. The molecule has 4 rings (SSSR count). The van der Waals surface area contributed by atoms with Crippen LogP contribution in [0.2, 0.25) is 0 Å². The molecule has 1 spiro atoms. The van der Waals surface area contributed by atoms with Gasteiger partial charge in [-0.2, -0.15) is 0 Å². The first-order valence-electron chi connectivity index (χ1n) is 9.79. The SMILES string of the molecule is CC(C)c1ccc(C2CC(NC(=O)C3CC4(COC(=O)N4C)C3)C2)cc1F. The maximum atomic E-state index is 14.2. The fourth-order valence-corrected chi connectivity index (χ4v) is 4.61. The average molecular weight is 374 g/mol. The predicted molar refractivity (Wildman–Crippen MR) is 99.0 cm³/mol. The highest BCUT2D eigenvalue weighted by Crippen LogP contribution is 2.46. The summed E-state index contributed by atoms with van der Waals surface area (Å²) in [4.78, 5) is 25.6. The van der Waals surface area contributed by atoms with E-state index in [-0.39, 0.29) is 41.2 Å². The number of benzene rings is 1. The van der Waals surface area contributed by atoms with Crippen molar-refractivity contribution in [3.63, 3.8) is 0 Å². The first-order valence-corrected chi connectivity index (χ1v) is 9.79. The van der Waals surface area contributed by atoms with Gasteiger partial charge in [0, 0.05) is 19.0 Å². The number of cyclic esters (lactones) is 1. The van der Waals surface area contributed by atoms with E-state index in [2.05, 4.69) is 5.32 Å². The van der Waals surface area contributed by atoms with Crippen LogP contribution >= 0.6 is 0 Å². The third-order valence-electron chi connectivity index (χ3n) is 6.68. The smallest absolute Gasteiger partial charge is 0.410 e. The summed E-state index contributed by atoms with van der Waals surface area (Å²) in [5.41, 5.74) is 1.49. The molecule has 3 fully saturated rings. The summed E-state index contributed by atoms with van der Waals surface area (Å²) in [6, 6.07) is 5.71. The Morgan fingerprint density at radius 1 is 1.33 bits per heavy atom. The zero-order chi connectivity index (χ0) is 19.3. The summed E-state index contributed by atoms with van der Waals surface area (Å²) >= 11 is 0.